The van der Waals surface area contributed by atoms with Crippen LogP contribution in [0.1, 0.15) is 38.8 Å². The second-order valence-electron chi connectivity index (χ2n) is 6.06. The Bertz CT molecular complexity index is 600. The summed E-state index contributed by atoms with van der Waals surface area (Å²) >= 11 is 0. The summed E-state index contributed by atoms with van der Waals surface area (Å²) in [4.78, 5) is 8.43. The lowest BCUT2D eigenvalue weighted by Crippen LogP contribution is -2.10. The average molecular weight is 285 g/mol. The number of nitrogens with one attached hydrogen (secondary N) is 1. The molecule has 112 valence electrons. The van der Waals surface area contributed by atoms with Gasteiger partial charge in [0.15, 0.2) is 0 Å². The highest BCUT2D eigenvalue weighted by Gasteiger charge is 2.14. The van der Waals surface area contributed by atoms with E-state index in [1.165, 1.54) is 11.9 Å². The van der Waals surface area contributed by atoms with Crippen LogP contribution >= 0.6 is 0 Å². The molecular weight excluding hydrogens is 262 g/mol. The van der Waals surface area contributed by atoms with Crippen molar-refractivity contribution in [1.29, 1.82) is 0 Å². The zero-order valence-corrected chi connectivity index (χ0v) is 13.4. The van der Waals surface area contributed by atoms with Crippen LogP contribution in [0.25, 0.3) is 0 Å². The summed E-state index contributed by atoms with van der Waals surface area (Å²) in [6.45, 7) is 11.4. The zero-order valence-electron chi connectivity index (χ0n) is 13.4. The van der Waals surface area contributed by atoms with Crippen LogP contribution in [-0.4, -0.2) is 16.5 Å². The second-order valence-corrected chi connectivity index (χ2v) is 6.06. The van der Waals surface area contributed by atoms with Crippen LogP contribution < -0.4 is 10.1 Å². The molecular formula is C17H23N3O. The summed E-state index contributed by atoms with van der Waals surface area (Å²) in [6.07, 6.45) is 1.52. The van der Waals surface area contributed by atoms with E-state index in [1.807, 2.05) is 26.0 Å². The molecule has 0 unspecified atom stereocenters. The van der Waals surface area contributed by atoms with Crippen LogP contribution in [0.3, 0.4) is 0 Å². The van der Waals surface area contributed by atoms with Crippen molar-refractivity contribution in [2.45, 2.75) is 40.0 Å². The molecule has 4 nitrogen and oxygen atoms in total. The lowest BCUT2D eigenvalue weighted by Gasteiger charge is -2.19. The minimum Gasteiger partial charge on any atom is -0.439 e. The van der Waals surface area contributed by atoms with Crippen molar-refractivity contribution in [2.75, 3.05) is 11.9 Å². The molecule has 0 fully saturated rings. The number of hydrogen-bond acceptors (Lipinski definition) is 4. The van der Waals surface area contributed by atoms with Gasteiger partial charge in [-0.15, -0.1) is 0 Å². The number of ether oxygens (including phenoxy) is 1. The van der Waals surface area contributed by atoms with Gasteiger partial charge in [0.05, 0.1) is 5.56 Å². The molecule has 0 spiro atoms. The third-order valence-corrected chi connectivity index (χ3v) is 3.32. The minimum absolute atomic E-state index is 0.140. The van der Waals surface area contributed by atoms with Crippen molar-refractivity contribution in [3.8, 4) is 11.6 Å². The van der Waals surface area contributed by atoms with Gasteiger partial charge in [-0.3, -0.25) is 0 Å². The van der Waals surface area contributed by atoms with E-state index < -0.39 is 0 Å². The van der Waals surface area contributed by atoms with Crippen molar-refractivity contribution >= 4 is 5.82 Å². The number of benzene rings is 1. The highest BCUT2D eigenvalue weighted by molar-refractivity contribution is 5.48. The first-order valence-corrected chi connectivity index (χ1v) is 7.25. The van der Waals surface area contributed by atoms with Crippen LogP contribution in [0.2, 0.25) is 0 Å². The molecule has 2 aromatic rings. The molecule has 1 N–H and O–H groups in total. The molecule has 0 aliphatic rings. The standard InChI is InChI=1S/C17H23N3O/c1-6-18-15-12(2)16(20-11-19-15)21-14-9-7-13(8-10-14)17(3,4)5/h7-11H,6H2,1-5H3,(H,18,19,20). The number of nitrogens with zero attached hydrogens (tertiary/aromatic N) is 2. The number of rotatable bonds is 4. The molecule has 0 radical (unpaired) electrons. The first kappa shape index (κ1) is 15.3. The van der Waals surface area contributed by atoms with Gasteiger partial charge in [0, 0.05) is 6.54 Å². The van der Waals surface area contributed by atoms with Crippen molar-refractivity contribution < 1.29 is 4.74 Å². The molecule has 1 heterocycles. The van der Waals surface area contributed by atoms with Gasteiger partial charge in [0.2, 0.25) is 5.88 Å². The highest BCUT2D eigenvalue weighted by Crippen LogP contribution is 2.28. The topological polar surface area (TPSA) is 47.0 Å². The van der Waals surface area contributed by atoms with E-state index in [0.717, 1.165) is 23.7 Å². The first-order valence-electron chi connectivity index (χ1n) is 7.25. The Morgan fingerprint density at radius 2 is 1.76 bits per heavy atom. The average Bonchev–Trinajstić information content (AvgIpc) is 2.43. The smallest absolute Gasteiger partial charge is 0.227 e. The van der Waals surface area contributed by atoms with E-state index >= 15 is 0 Å². The minimum atomic E-state index is 0.140. The lowest BCUT2D eigenvalue weighted by atomic mass is 9.87. The summed E-state index contributed by atoms with van der Waals surface area (Å²) in [5.41, 5.74) is 2.34. The summed E-state index contributed by atoms with van der Waals surface area (Å²) in [5, 5.41) is 3.20. The third kappa shape index (κ3) is 3.72. The molecule has 4 heteroatoms. The normalized spacial score (nSPS) is 11.3. The van der Waals surface area contributed by atoms with Crippen molar-refractivity contribution in [1.82, 2.24) is 9.97 Å². The molecule has 2 rings (SSSR count). The van der Waals surface area contributed by atoms with E-state index in [0.29, 0.717) is 5.88 Å². The highest BCUT2D eigenvalue weighted by atomic mass is 16.5. The van der Waals surface area contributed by atoms with Gasteiger partial charge < -0.3 is 10.1 Å². The van der Waals surface area contributed by atoms with Crippen molar-refractivity contribution in [3.05, 3.63) is 41.7 Å². The maximum atomic E-state index is 5.87. The Kier molecular flexibility index (Phi) is 4.46. The largest absolute Gasteiger partial charge is 0.439 e. The molecule has 0 saturated carbocycles. The Morgan fingerprint density at radius 3 is 2.33 bits per heavy atom. The molecule has 21 heavy (non-hydrogen) atoms. The molecule has 1 aromatic carbocycles. The maximum Gasteiger partial charge on any atom is 0.227 e. The predicted octanol–water partition coefficient (Wildman–Crippen LogP) is 4.31. The molecule has 0 saturated heterocycles. The van der Waals surface area contributed by atoms with Crippen LogP contribution in [-0.2, 0) is 5.41 Å². The van der Waals surface area contributed by atoms with E-state index in [2.05, 4.69) is 48.2 Å². The van der Waals surface area contributed by atoms with Crippen LogP contribution in [0.5, 0.6) is 11.6 Å². The molecule has 0 amide bonds. The second kappa shape index (κ2) is 6.12. The molecule has 1 aromatic heterocycles. The zero-order chi connectivity index (χ0) is 15.5. The first-order chi connectivity index (χ1) is 9.91. The molecule has 0 aliphatic heterocycles. The SMILES string of the molecule is CCNc1ncnc(Oc2ccc(C(C)(C)C)cc2)c1C. The van der Waals surface area contributed by atoms with Gasteiger partial charge in [-0.05, 0) is 37.0 Å². The van der Waals surface area contributed by atoms with Crippen molar-refractivity contribution in [2.24, 2.45) is 0 Å². The number of aromatic nitrogens is 2. The van der Waals surface area contributed by atoms with Gasteiger partial charge in [-0.25, -0.2) is 9.97 Å². The summed E-state index contributed by atoms with van der Waals surface area (Å²) in [7, 11) is 0. The Hall–Kier alpha value is -2.10. The lowest BCUT2D eigenvalue weighted by molar-refractivity contribution is 0.457. The molecule has 0 aliphatic carbocycles. The van der Waals surface area contributed by atoms with E-state index in [4.69, 9.17) is 4.74 Å². The van der Waals surface area contributed by atoms with E-state index in [1.54, 1.807) is 0 Å². The fraction of sp³-hybridized carbons (Fsp3) is 0.412. The Labute approximate surface area is 126 Å². The fourth-order valence-electron chi connectivity index (χ4n) is 2.02. The van der Waals surface area contributed by atoms with Gasteiger partial charge in [0.25, 0.3) is 0 Å². The number of anilines is 1. The van der Waals surface area contributed by atoms with Gasteiger partial charge in [-0.1, -0.05) is 32.9 Å². The summed E-state index contributed by atoms with van der Waals surface area (Å²) in [5.74, 6) is 2.19. The third-order valence-electron chi connectivity index (χ3n) is 3.32. The van der Waals surface area contributed by atoms with Crippen molar-refractivity contribution in [3.63, 3.8) is 0 Å². The summed E-state index contributed by atoms with van der Waals surface area (Å²) in [6, 6.07) is 8.15. The van der Waals surface area contributed by atoms with Crippen LogP contribution in [0, 0.1) is 6.92 Å². The Balaban J connectivity index is 2.20. The fourth-order valence-corrected chi connectivity index (χ4v) is 2.02. The maximum absolute atomic E-state index is 5.87. The van der Waals surface area contributed by atoms with Gasteiger partial charge in [0.1, 0.15) is 17.9 Å². The van der Waals surface area contributed by atoms with E-state index in [9.17, 15) is 0 Å². The molecule has 0 bridgehead atoms. The van der Waals surface area contributed by atoms with Gasteiger partial charge >= 0.3 is 0 Å². The van der Waals surface area contributed by atoms with Gasteiger partial charge in [-0.2, -0.15) is 0 Å². The molecule has 0 atom stereocenters. The monoisotopic (exact) mass is 285 g/mol. The Morgan fingerprint density at radius 1 is 1.10 bits per heavy atom. The van der Waals surface area contributed by atoms with E-state index in [-0.39, 0.29) is 5.41 Å². The predicted molar refractivity (Wildman–Crippen MR) is 86.1 cm³/mol. The van der Waals surface area contributed by atoms with Crippen LogP contribution in [0.15, 0.2) is 30.6 Å². The number of hydrogen-bond donors (Lipinski definition) is 1. The summed E-state index contributed by atoms with van der Waals surface area (Å²) < 4.78 is 5.87. The quantitative estimate of drug-likeness (QED) is 0.909. The van der Waals surface area contributed by atoms with Crippen LogP contribution in [0.4, 0.5) is 5.82 Å².